The molecule has 3 N–H and O–H groups in total. The molecule has 1 aromatic carbocycles. The molecule has 0 saturated carbocycles. The summed E-state index contributed by atoms with van der Waals surface area (Å²) in [4.78, 5) is 27.6. The van der Waals surface area contributed by atoms with Crippen LogP contribution in [0.1, 0.15) is 27.7 Å². The largest absolute Gasteiger partial charge is 0.478 e. The number of carbonyl (C=O) groups is 2. The Bertz CT molecular complexity index is 879. The van der Waals surface area contributed by atoms with Gasteiger partial charge in [-0.2, -0.15) is 0 Å². The Hall–Kier alpha value is -2.60. The van der Waals surface area contributed by atoms with Crippen molar-refractivity contribution in [1.82, 2.24) is 4.98 Å². The molecule has 0 fully saturated rings. The first-order chi connectivity index (χ1) is 11.1. The Morgan fingerprint density at radius 3 is 2.83 bits per heavy atom. The number of aryl methyl sites for hydroxylation is 1. The molecule has 0 aliphatic carbocycles. The third-order valence-corrected chi connectivity index (χ3v) is 4.84. The van der Waals surface area contributed by atoms with Crippen LogP contribution in [0.4, 0.5) is 5.00 Å². The first kappa shape index (κ1) is 15.3. The summed E-state index contributed by atoms with van der Waals surface area (Å²) in [5.41, 5.74) is 2.02. The molecule has 118 valence electrons. The van der Waals surface area contributed by atoms with Crippen LogP contribution >= 0.6 is 11.3 Å². The zero-order chi connectivity index (χ0) is 16.4. The van der Waals surface area contributed by atoms with Gasteiger partial charge in [-0.25, -0.2) is 4.79 Å². The predicted octanol–water partition coefficient (Wildman–Crippen LogP) is 3.67. The highest BCUT2D eigenvalue weighted by Gasteiger charge is 2.17. The number of benzene rings is 1. The normalized spacial score (nSPS) is 10.8. The van der Waals surface area contributed by atoms with E-state index in [1.54, 1.807) is 6.07 Å². The molecule has 0 unspecified atom stereocenters. The number of rotatable bonds is 5. The average Bonchev–Trinajstić information content (AvgIpc) is 3.12. The number of thiophene rings is 1. The Morgan fingerprint density at radius 2 is 2.09 bits per heavy atom. The van der Waals surface area contributed by atoms with Crippen molar-refractivity contribution in [3.63, 3.8) is 0 Å². The second kappa shape index (κ2) is 6.26. The summed E-state index contributed by atoms with van der Waals surface area (Å²) in [7, 11) is 0. The number of anilines is 1. The van der Waals surface area contributed by atoms with Crippen molar-refractivity contribution in [2.75, 3.05) is 5.32 Å². The van der Waals surface area contributed by atoms with E-state index in [0.29, 0.717) is 5.00 Å². The van der Waals surface area contributed by atoms with Crippen molar-refractivity contribution in [3.8, 4) is 0 Å². The molecule has 1 amide bonds. The summed E-state index contributed by atoms with van der Waals surface area (Å²) in [6, 6.07) is 9.38. The van der Waals surface area contributed by atoms with E-state index in [9.17, 15) is 14.7 Å². The quantitative estimate of drug-likeness (QED) is 0.668. The summed E-state index contributed by atoms with van der Waals surface area (Å²) in [6.45, 7) is 1.95. The fourth-order valence-corrected chi connectivity index (χ4v) is 3.49. The molecule has 0 aliphatic rings. The van der Waals surface area contributed by atoms with Crippen LogP contribution in [0.25, 0.3) is 10.9 Å². The Labute approximate surface area is 137 Å². The fourth-order valence-electron chi connectivity index (χ4n) is 2.49. The maximum Gasteiger partial charge on any atom is 0.338 e. The van der Waals surface area contributed by atoms with E-state index in [0.717, 1.165) is 27.8 Å². The maximum absolute atomic E-state index is 12.3. The van der Waals surface area contributed by atoms with Crippen LogP contribution in [-0.2, 0) is 17.6 Å². The van der Waals surface area contributed by atoms with E-state index in [1.165, 1.54) is 11.3 Å². The molecule has 2 heterocycles. The molecule has 0 radical (unpaired) electrons. The number of aromatic nitrogens is 1. The number of hydrogen-bond donors (Lipinski definition) is 3. The number of amides is 1. The van der Waals surface area contributed by atoms with Crippen LogP contribution in [0.3, 0.4) is 0 Å². The zero-order valence-electron chi connectivity index (χ0n) is 12.6. The van der Waals surface area contributed by atoms with E-state index >= 15 is 0 Å². The molecule has 0 saturated heterocycles. The van der Waals surface area contributed by atoms with Gasteiger partial charge in [0.25, 0.3) is 0 Å². The van der Waals surface area contributed by atoms with Crippen molar-refractivity contribution < 1.29 is 14.7 Å². The molecule has 23 heavy (non-hydrogen) atoms. The monoisotopic (exact) mass is 328 g/mol. The molecular weight excluding hydrogens is 312 g/mol. The summed E-state index contributed by atoms with van der Waals surface area (Å²) in [6.07, 6.45) is 2.75. The molecular formula is C17H16N2O3S. The fraction of sp³-hybridized carbons (Fsp3) is 0.176. The van der Waals surface area contributed by atoms with Crippen LogP contribution in [0, 0.1) is 0 Å². The topological polar surface area (TPSA) is 82.2 Å². The number of nitrogens with one attached hydrogen (secondary N) is 2. The Balaban J connectivity index is 1.80. The number of fused-ring (bicyclic) bond motifs is 1. The SMILES string of the molecule is CCc1cc(C(=O)O)c(NC(=O)Cc2c[nH]c3ccccc23)s1. The molecule has 3 aromatic rings. The number of hydrogen-bond acceptors (Lipinski definition) is 3. The summed E-state index contributed by atoms with van der Waals surface area (Å²) in [5, 5.41) is 13.4. The first-order valence-electron chi connectivity index (χ1n) is 7.29. The third kappa shape index (κ3) is 3.12. The molecule has 0 bridgehead atoms. The highest BCUT2D eigenvalue weighted by molar-refractivity contribution is 7.16. The lowest BCUT2D eigenvalue weighted by Crippen LogP contribution is -2.15. The van der Waals surface area contributed by atoms with Crippen LogP contribution in [0.5, 0.6) is 0 Å². The first-order valence-corrected chi connectivity index (χ1v) is 8.11. The molecule has 3 rings (SSSR count). The van der Waals surface area contributed by atoms with Crippen LogP contribution in [0.2, 0.25) is 0 Å². The number of carbonyl (C=O) groups excluding carboxylic acids is 1. The minimum Gasteiger partial charge on any atom is -0.478 e. The van der Waals surface area contributed by atoms with E-state index in [2.05, 4.69) is 10.3 Å². The van der Waals surface area contributed by atoms with Gasteiger partial charge < -0.3 is 15.4 Å². The molecule has 0 spiro atoms. The lowest BCUT2D eigenvalue weighted by Gasteiger charge is -2.03. The van der Waals surface area contributed by atoms with Gasteiger partial charge >= 0.3 is 5.97 Å². The number of aromatic carboxylic acids is 1. The lowest BCUT2D eigenvalue weighted by atomic mass is 10.1. The standard InChI is InChI=1S/C17H16N2O3S/c1-2-11-8-13(17(21)22)16(23-11)19-15(20)7-10-9-18-14-6-4-3-5-12(10)14/h3-6,8-9,18H,2,7H2,1H3,(H,19,20)(H,21,22). The second-order valence-corrected chi connectivity index (χ2v) is 6.34. The predicted molar refractivity (Wildman–Crippen MR) is 91.3 cm³/mol. The van der Waals surface area contributed by atoms with Gasteiger partial charge in [0.05, 0.1) is 12.0 Å². The highest BCUT2D eigenvalue weighted by atomic mass is 32.1. The van der Waals surface area contributed by atoms with Crippen LogP contribution < -0.4 is 5.32 Å². The second-order valence-electron chi connectivity index (χ2n) is 5.20. The van der Waals surface area contributed by atoms with E-state index in [4.69, 9.17) is 0 Å². The van der Waals surface area contributed by atoms with Crippen molar-refractivity contribution in [3.05, 3.63) is 52.5 Å². The molecule has 5 nitrogen and oxygen atoms in total. The smallest absolute Gasteiger partial charge is 0.338 e. The van der Waals surface area contributed by atoms with Crippen molar-refractivity contribution >= 4 is 39.1 Å². The maximum atomic E-state index is 12.3. The third-order valence-electron chi connectivity index (χ3n) is 3.64. The number of carboxylic acid groups (broad SMARTS) is 1. The van der Waals surface area contributed by atoms with Gasteiger partial charge in [0, 0.05) is 22.0 Å². The van der Waals surface area contributed by atoms with Gasteiger partial charge in [-0.1, -0.05) is 25.1 Å². The number of H-pyrrole nitrogens is 1. The summed E-state index contributed by atoms with van der Waals surface area (Å²) < 4.78 is 0. The van der Waals surface area contributed by atoms with Crippen LogP contribution in [0.15, 0.2) is 36.5 Å². The number of para-hydroxylation sites is 1. The van der Waals surface area contributed by atoms with Crippen molar-refractivity contribution in [2.24, 2.45) is 0 Å². The lowest BCUT2D eigenvalue weighted by molar-refractivity contribution is -0.115. The molecule has 2 aromatic heterocycles. The van der Waals surface area contributed by atoms with Crippen LogP contribution in [-0.4, -0.2) is 22.0 Å². The van der Waals surface area contributed by atoms with Gasteiger partial charge in [0.1, 0.15) is 5.00 Å². The van der Waals surface area contributed by atoms with Gasteiger partial charge in [-0.15, -0.1) is 11.3 Å². The average molecular weight is 328 g/mol. The molecule has 0 atom stereocenters. The van der Waals surface area contributed by atoms with E-state index in [-0.39, 0.29) is 17.9 Å². The Morgan fingerprint density at radius 1 is 1.30 bits per heavy atom. The molecule has 6 heteroatoms. The highest BCUT2D eigenvalue weighted by Crippen LogP contribution is 2.29. The van der Waals surface area contributed by atoms with Gasteiger partial charge in [0.15, 0.2) is 0 Å². The van der Waals surface area contributed by atoms with Crippen molar-refractivity contribution in [2.45, 2.75) is 19.8 Å². The minimum absolute atomic E-state index is 0.152. The summed E-state index contributed by atoms with van der Waals surface area (Å²) in [5.74, 6) is -1.25. The number of carboxylic acids is 1. The van der Waals surface area contributed by atoms with Gasteiger partial charge in [-0.05, 0) is 24.1 Å². The zero-order valence-corrected chi connectivity index (χ0v) is 13.4. The number of aromatic amines is 1. The van der Waals surface area contributed by atoms with E-state index < -0.39 is 5.97 Å². The van der Waals surface area contributed by atoms with E-state index in [1.807, 2.05) is 37.4 Å². The minimum atomic E-state index is -1.02. The van der Waals surface area contributed by atoms with Crippen molar-refractivity contribution in [1.29, 1.82) is 0 Å². The van der Waals surface area contributed by atoms with Gasteiger partial charge in [0.2, 0.25) is 5.91 Å². The van der Waals surface area contributed by atoms with Gasteiger partial charge in [-0.3, -0.25) is 4.79 Å². The Kier molecular flexibility index (Phi) is 4.16. The molecule has 0 aliphatic heterocycles. The summed E-state index contributed by atoms with van der Waals surface area (Å²) >= 11 is 1.31.